The van der Waals surface area contributed by atoms with E-state index < -0.39 is 0 Å². The summed E-state index contributed by atoms with van der Waals surface area (Å²) in [4.78, 5) is 12.8. The minimum Gasteiger partial charge on any atom is -0.486 e. The summed E-state index contributed by atoms with van der Waals surface area (Å²) in [5.41, 5.74) is 4.60. The summed E-state index contributed by atoms with van der Waals surface area (Å²) in [7, 11) is 0. The Morgan fingerprint density at radius 2 is 1.76 bits per heavy atom. The normalized spacial score (nSPS) is 11.1. The summed E-state index contributed by atoms with van der Waals surface area (Å²) in [5, 5.41) is 8.21. The molecule has 0 fully saturated rings. The fraction of sp³-hybridized carbons (Fsp3) is 0.259. The van der Waals surface area contributed by atoms with Crippen LogP contribution in [-0.4, -0.2) is 15.7 Å². The highest BCUT2D eigenvalue weighted by Crippen LogP contribution is 2.23. The number of nitrogens with zero attached hydrogens (tertiary/aromatic N) is 2. The Labute approximate surface area is 204 Å². The number of rotatable bonds is 8. The van der Waals surface area contributed by atoms with E-state index in [0.717, 1.165) is 22.7 Å². The van der Waals surface area contributed by atoms with E-state index in [4.69, 9.17) is 20.8 Å². The first-order chi connectivity index (χ1) is 16.3. The topological polar surface area (TPSA) is 69.3 Å². The SMILES string of the molecule is Cc1nn(Cc2ccc(Cl)cc2)c(C)c1NC(=O)c1ccc(COc2ccc(C(C)C)cc2)o1. The van der Waals surface area contributed by atoms with Crippen LogP contribution >= 0.6 is 11.6 Å². The van der Waals surface area contributed by atoms with Gasteiger partial charge in [-0.1, -0.05) is 49.7 Å². The maximum Gasteiger partial charge on any atom is 0.291 e. The molecule has 4 rings (SSSR count). The Balaban J connectivity index is 1.38. The van der Waals surface area contributed by atoms with Crippen LogP contribution in [0, 0.1) is 13.8 Å². The molecule has 4 aromatic rings. The molecule has 2 aromatic heterocycles. The number of aromatic nitrogens is 2. The highest BCUT2D eigenvalue weighted by atomic mass is 35.5. The number of ether oxygens (including phenoxy) is 1. The molecule has 0 saturated heterocycles. The van der Waals surface area contributed by atoms with Crippen molar-refractivity contribution in [2.75, 3.05) is 5.32 Å². The van der Waals surface area contributed by atoms with Crippen molar-refractivity contribution in [1.29, 1.82) is 0 Å². The van der Waals surface area contributed by atoms with Crippen molar-refractivity contribution < 1.29 is 13.9 Å². The van der Waals surface area contributed by atoms with E-state index in [1.807, 2.05) is 54.9 Å². The number of halogens is 1. The fourth-order valence-corrected chi connectivity index (χ4v) is 3.78. The number of nitrogens with one attached hydrogen (secondary N) is 1. The number of furan rings is 1. The van der Waals surface area contributed by atoms with Gasteiger partial charge in [0.2, 0.25) is 0 Å². The number of hydrogen-bond acceptors (Lipinski definition) is 4. The van der Waals surface area contributed by atoms with E-state index in [-0.39, 0.29) is 18.3 Å². The van der Waals surface area contributed by atoms with Gasteiger partial charge in [-0.2, -0.15) is 5.10 Å². The summed E-state index contributed by atoms with van der Waals surface area (Å²) in [6.07, 6.45) is 0. The van der Waals surface area contributed by atoms with Gasteiger partial charge < -0.3 is 14.5 Å². The minimum absolute atomic E-state index is 0.220. The third-order valence-corrected chi connectivity index (χ3v) is 5.93. The average Bonchev–Trinajstić information content (AvgIpc) is 3.40. The third-order valence-electron chi connectivity index (χ3n) is 5.68. The zero-order valence-corrected chi connectivity index (χ0v) is 20.5. The summed E-state index contributed by atoms with van der Waals surface area (Å²) in [6, 6.07) is 19.0. The van der Waals surface area contributed by atoms with E-state index in [1.54, 1.807) is 12.1 Å². The van der Waals surface area contributed by atoms with Crippen LogP contribution in [0.5, 0.6) is 5.75 Å². The molecule has 0 aliphatic carbocycles. The molecule has 0 saturated carbocycles. The molecule has 34 heavy (non-hydrogen) atoms. The van der Waals surface area contributed by atoms with Gasteiger partial charge in [0.15, 0.2) is 5.76 Å². The number of amides is 1. The second-order valence-corrected chi connectivity index (χ2v) is 9.00. The molecule has 0 aliphatic rings. The monoisotopic (exact) mass is 477 g/mol. The lowest BCUT2D eigenvalue weighted by molar-refractivity contribution is 0.0992. The predicted octanol–water partition coefficient (Wildman–Crippen LogP) is 6.75. The lowest BCUT2D eigenvalue weighted by Gasteiger charge is -2.08. The number of benzene rings is 2. The van der Waals surface area contributed by atoms with Crippen molar-refractivity contribution in [3.05, 3.63) is 99.7 Å². The zero-order valence-electron chi connectivity index (χ0n) is 19.8. The Hall–Kier alpha value is -3.51. The lowest BCUT2D eigenvalue weighted by Crippen LogP contribution is -2.12. The van der Waals surface area contributed by atoms with Gasteiger partial charge in [0.05, 0.1) is 23.6 Å². The molecular formula is C27H28ClN3O3. The van der Waals surface area contributed by atoms with Gasteiger partial charge in [-0.25, -0.2) is 0 Å². The van der Waals surface area contributed by atoms with Crippen LogP contribution in [0.4, 0.5) is 5.69 Å². The standard InChI is InChI=1S/C27H28ClN3O3/c1-17(2)21-7-11-23(12-8-21)33-16-24-13-14-25(34-24)27(32)29-26-18(3)30-31(19(26)4)15-20-5-9-22(28)10-6-20/h5-14,17H,15-16H2,1-4H3,(H,29,32). The molecule has 6 nitrogen and oxygen atoms in total. The van der Waals surface area contributed by atoms with Gasteiger partial charge in [0.1, 0.15) is 18.1 Å². The van der Waals surface area contributed by atoms with Crippen molar-refractivity contribution in [2.45, 2.75) is 46.8 Å². The molecule has 0 spiro atoms. The summed E-state index contributed by atoms with van der Waals surface area (Å²) >= 11 is 5.97. The predicted molar refractivity (Wildman–Crippen MR) is 134 cm³/mol. The van der Waals surface area contributed by atoms with Gasteiger partial charge in [-0.3, -0.25) is 9.48 Å². The average molecular weight is 478 g/mol. The van der Waals surface area contributed by atoms with Crippen LogP contribution in [0.1, 0.15) is 58.6 Å². The molecule has 0 bridgehead atoms. The molecule has 176 valence electrons. The van der Waals surface area contributed by atoms with E-state index in [9.17, 15) is 4.79 Å². The van der Waals surface area contributed by atoms with Crippen molar-refractivity contribution in [3.63, 3.8) is 0 Å². The minimum atomic E-state index is -0.329. The largest absolute Gasteiger partial charge is 0.486 e. The summed E-state index contributed by atoms with van der Waals surface area (Å²) in [5.74, 6) is 1.69. The van der Waals surface area contributed by atoms with E-state index >= 15 is 0 Å². The third kappa shape index (κ3) is 5.51. The Morgan fingerprint density at radius 1 is 1.06 bits per heavy atom. The van der Waals surface area contributed by atoms with Gasteiger partial charge >= 0.3 is 0 Å². The van der Waals surface area contributed by atoms with E-state index in [1.165, 1.54) is 5.56 Å². The molecule has 2 aromatic carbocycles. The smallest absolute Gasteiger partial charge is 0.291 e. The van der Waals surface area contributed by atoms with Crippen molar-refractivity contribution in [1.82, 2.24) is 9.78 Å². The Kier molecular flexibility index (Phi) is 7.08. The second-order valence-electron chi connectivity index (χ2n) is 8.56. The second kappa shape index (κ2) is 10.2. The number of carbonyl (C=O) groups excluding carboxylic acids is 1. The maximum atomic E-state index is 12.8. The molecule has 1 amide bonds. The fourth-order valence-electron chi connectivity index (χ4n) is 3.65. The van der Waals surface area contributed by atoms with Crippen LogP contribution in [0.25, 0.3) is 0 Å². The van der Waals surface area contributed by atoms with Crippen molar-refractivity contribution in [2.24, 2.45) is 0 Å². The zero-order chi connectivity index (χ0) is 24.2. The van der Waals surface area contributed by atoms with Crippen LogP contribution in [0.15, 0.2) is 65.1 Å². The molecule has 7 heteroatoms. The highest BCUT2D eigenvalue weighted by Gasteiger charge is 2.18. The van der Waals surface area contributed by atoms with Gasteiger partial charge in [-0.05, 0) is 67.3 Å². The van der Waals surface area contributed by atoms with Crippen molar-refractivity contribution >= 4 is 23.2 Å². The van der Waals surface area contributed by atoms with Gasteiger partial charge in [0, 0.05) is 5.02 Å². The number of aryl methyl sites for hydroxylation is 1. The Morgan fingerprint density at radius 3 is 2.44 bits per heavy atom. The summed E-state index contributed by atoms with van der Waals surface area (Å²) < 4.78 is 13.4. The Bertz CT molecular complexity index is 1270. The highest BCUT2D eigenvalue weighted by molar-refractivity contribution is 6.30. The number of anilines is 1. The van der Waals surface area contributed by atoms with Crippen molar-refractivity contribution in [3.8, 4) is 5.75 Å². The quantitative estimate of drug-likeness (QED) is 0.304. The molecule has 0 aliphatic heterocycles. The van der Waals surface area contributed by atoms with Crippen LogP contribution in [-0.2, 0) is 13.2 Å². The lowest BCUT2D eigenvalue weighted by atomic mass is 10.0. The maximum absolute atomic E-state index is 12.8. The van der Waals surface area contributed by atoms with Crippen LogP contribution in [0.2, 0.25) is 5.02 Å². The molecular weight excluding hydrogens is 450 g/mol. The van der Waals surface area contributed by atoms with E-state index in [2.05, 4.69) is 36.4 Å². The van der Waals surface area contributed by atoms with E-state index in [0.29, 0.717) is 28.9 Å². The molecule has 0 unspecified atom stereocenters. The van der Waals surface area contributed by atoms with Gasteiger partial charge in [-0.15, -0.1) is 0 Å². The number of hydrogen-bond donors (Lipinski definition) is 1. The molecule has 2 heterocycles. The molecule has 1 N–H and O–H groups in total. The first-order valence-electron chi connectivity index (χ1n) is 11.2. The van der Waals surface area contributed by atoms with Crippen LogP contribution < -0.4 is 10.1 Å². The number of carbonyl (C=O) groups is 1. The van der Waals surface area contributed by atoms with Crippen LogP contribution in [0.3, 0.4) is 0 Å². The molecule has 0 radical (unpaired) electrons. The van der Waals surface area contributed by atoms with Gasteiger partial charge in [0.25, 0.3) is 5.91 Å². The summed E-state index contributed by atoms with van der Waals surface area (Å²) in [6.45, 7) is 8.92. The molecule has 0 atom stereocenters. The first kappa shape index (κ1) is 23.6. The first-order valence-corrected chi connectivity index (χ1v) is 11.6.